The van der Waals surface area contributed by atoms with E-state index in [9.17, 15) is 9.90 Å². The molecule has 0 bridgehead atoms. The fraction of sp³-hybridized carbons (Fsp3) is 0.550. The SMILES string of the molecule is C=C(O)CCC(=O)/C(=C/C(=C/COCC)OCC)C/C(=C\C)OCC. The molecule has 0 aromatic carbocycles. The van der Waals surface area contributed by atoms with Gasteiger partial charge < -0.3 is 19.3 Å². The third kappa shape index (κ3) is 11.2. The van der Waals surface area contributed by atoms with Crippen molar-refractivity contribution in [3.8, 4) is 0 Å². The molecule has 0 rings (SSSR count). The molecule has 25 heavy (non-hydrogen) atoms. The fourth-order valence-corrected chi connectivity index (χ4v) is 2.01. The Balaban J connectivity index is 5.44. The second kappa shape index (κ2) is 14.3. The van der Waals surface area contributed by atoms with Crippen molar-refractivity contribution in [3.63, 3.8) is 0 Å². The highest BCUT2D eigenvalue weighted by Crippen LogP contribution is 2.19. The van der Waals surface area contributed by atoms with Crippen LogP contribution < -0.4 is 0 Å². The summed E-state index contributed by atoms with van der Waals surface area (Å²) in [6, 6.07) is 0. The summed E-state index contributed by atoms with van der Waals surface area (Å²) in [5, 5.41) is 9.25. The van der Waals surface area contributed by atoms with Gasteiger partial charge >= 0.3 is 0 Å². The summed E-state index contributed by atoms with van der Waals surface area (Å²) in [5.74, 6) is 1.25. The van der Waals surface area contributed by atoms with E-state index in [1.165, 1.54) is 0 Å². The normalized spacial score (nSPS) is 12.9. The highest BCUT2D eigenvalue weighted by molar-refractivity contribution is 5.96. The van der Waals surface area contributed by atoms with Crippen LogP contribution in [0.15, 0.2) is 47.7 Å². The Bertz CT molecular complexity index is 500. The van der Waals surface area contributed by atoms with Crippen molar-refractivity contribution in [1.29, 1.82) is 0 Å². The molecule has 0 unspecified atom stereocenters. The van der Waals surface area contributed by atoms with Crippen LogP contribution in [0.1, 0.15) is 47.0 Å². The van der Waals surface area contributed by atoms with Gasteiger partial charge in [0.15, 0.2) is 5.78 Å². The maximum Gasteiger partial charge on any atom is 0.159 e. The Morgan fingerprint density at radius 1 is 1.08 bits per heavy atom. The van der Waals surface area contributed by atoms with Gasteiger partial charge in [-0.25, -0.2) is 0 Å². The number of Topliss-reactive ketones (excluding diaryl/α,β-unsaturated/α-hetero) is 1. The Hall–Kier alpha value is -2.01. The fourth-order valence-electron chi connectivity index (χ4n) is 2.01. The number of hydrogen-bond donors (Lipinski definition) is 1. The van der Waals surface area contributed by atoms with E-state index >= 15 is 0 Å². The lowest BCUT2D eigenvalue weighted by Crippen LogP contribution is -2.07. The van der Waals surface area contributed by atoms with Crippen LogP contribution in [0.3, 0.4) is 0 Å². The largest absolute Gasteiger partial charge is 0.513 e. The van der Waals surface area contributed by atoms with Gasteiger partial charge in [-0.1, -0.05) is 6.58 Å². The summed E-state index contributed by atoms with van der Waals surface area (Å²) >= 11 is 0. The molecular formula is C20H32O5. The van der Waals surface area contributed by atoms with Crippen LogP contribution in [0.4, 0.5) is 0 Å². The van der Waals surface area contributed by atoms with Crippen LogP contribution in [-0.2, 0) is 19.0 Å². The number of aliphatic hydroxyl groups is 1. The average Bonchev–Trinajstić information content (AvgIpc) is 2.58. The van der Waals surface area contributed by atoms with Gasteiger partial charge in [0.25, 0.3) is 0 Å². The van der Waals surface area contributed by atoms with Crippen molar-refractivity contribution in [2.45, 2.75) is 47.0 Å². The number of allylic oxidation sites excluding steroid dienone is 4. The topological polar surface area (TPSA) is 65.0 Å². The van der Waals surface area contributed by atoms with E-state index in [2.05, 4.69) is 6.58 Å². The summed E-state index contributed by atoms with van der Waals surface area (Å²) in [7, 11) is 0. The van der Waals surface area contributed by atoms with E-state index in [-0.39, 0.29) is 24.4 Å². The van der Waals surface area contributed by atoms with E-state index in [0.29, 0.717) is 44.2 Å². The first-order valence-corrected chi connectivity index (χ1v) is 8.77. The average molecular weight is 352 g/mol. The minimum absolute atomic E-state index is 0.000634. The molecule has 0 aromatic heterocycles. The van der Waals surface area contributed by atoms with Crippen molar-refractivity contribution >= 4 is 5.78 Å². The lowest BCUT2D eigenvalue weighted by Gasteiger charge is -2.13. The van der Waals surface area contributed by atoms with Crippen LogP contribution in [-0.4, -0.2) is 37.3 Å². The number of hydrogen-bond acceptors (Lipinski definition) is 5. The summed E-state index contributed by atoms with van der Waals surface area (Å²) in [4.78, 5) is 12.6. The smallest absolute Gasteiger partial charge is 0.159 e. The van der Waals surface area contributed by atoms with Crippen molar-refractivity contribution in [3.05, 3.63) is 47.7 Å². The summed E-state index contributed by atoms with van der Waals surface area (Å²) in [6.07, 6.45) is 6.19. The van der Waals surface area contributed by atoms with Crippen molar-refractivity contribution in [2.75, 3.05) is 26.4 Å². The Kier molecular flexibility index (Phi) is 13.2. The molecule has 0 heterocycles. The van der Waals surface area contributed by atoms with Crippen LogP contribution in [0, 0.1) is 0 Å². The predicted molar refractivity (Wildman–Crippen MR) is 100 cm³/mol. The highest BCUT2D eigenvalue weighted by Gasteiger charge is 2.14. The second-order valence-electron chi connectivity index (χ2n) is 5.22. The first-order valence-electron chi connectivity index (χ1n) is 8.77. The van der Waals surface area contributed by atoms with Gasteiger partial charge in [0.2, 0.25) is 0 Å². The van der Waals surface area contributed by atoms with Crippen LogP contribution in [0.25, 0.3) is 0 Å². The zero-order chi connectivity index (χ0) is 19.1. The van der Waals surface area contributed by atoms with Gasteiger partial charge in [0.1, 0.15) is 5.76 Å². The van der Waals surface area contributed by atoms with Crippen molar-refractivity contribution in [2.24, 2.45) is 0 Å². The van der Waals surface area contributed by atoms with Crippen LogP contribution >= 0.6 is 0 Å². The van der Waals surface area contributed by atoms with Gasteiger partial charge in [-0.3, -0.25) is 4.79 Å². The van der Waals surface area contributed by atoms with E-state index in [1.54, 1.807) is 12.2 Å². The number of aliphatic hydroxyl groups excluding tert-OH is 1. The molecule has 0 saturated carbocycles. The first-order chi connectivity index (χ1) is 12.0. The van der Waals surface area contributed by atoms with Crippen molar-refractivity contribution < 1.29 is 24.1 Å². The first kappa shape index (κ1) is 23.0. The molecule has 5 nitrogen and oxygen atoms in total. The van der Waals surface area contributed by atoms with E-state index in [0.717, 1.165) is 5.76 Å². The molecule has 5 heteroatoms. The molecule has 0 aromatic rings. The van der Waals surface area contributed by atoms with Gasteiger partial charge in [-0.15, -0.1) is 0 Å². The zero-order valence-corrected chi connectivity index (χ0v) is 16.0. The van der Waals surface area contributed by atoms with E-state index in [1.807, 2.05) is 33.8 Å². The molecule has 0 radical (unpaired) electrons. The molecule has 0 spiro atoms. The molecule has 0 aliphatic heterocycles. The van der Waals surface area contributed by atoms with E-state index < -0.39 is 0 Å². The number of carbonyl (C=O) groups is 1. The molecule has 0 fully saturated rings. The predicted octanol–water partition coefficient (Wildman–Crippen LogP) is 4.62. The molecule has 142 valence electrons. The number of rotatable bonds is 14. The minimum atomic E-state index is -0.0729. The summed E-state index contributed by atoms with van der Waals surface area (Å²) in [6.45, 7) is 13.1. The van der Waals surface area contributed by atoms with Gasteiger partial charge in [-0.05, 0) is 45.9 Å². The molecule has 1 N–H and O–H groups in total. The Morgan fingerprint density at radius 3 is 2.28 bits per heavy atom. The molecule has 0 aliphatic carbocycles. The van der Waals surface area contributed by atoms with Crippen molar-refractivity contribution in [1.82, 2.24) is 0 Å². The molecule has 0 amide bonds. The lowest BCUT2D eigenvalue weighted by molar-refractivity contribution is -0.115. The minimum Gasteiger partial charge on any atom is -0.513 e. The number of carbonyl (C=O) groups excluding carboxylic acids is 1. The summed E-state index contributed by atoms with van der Waals surface area (Å²) < 4.78 is 16.5. The highest BCUT2D eigenvalue weighted by atomic mass is 16.5. The quantitative estimate of drug-likeness (QED) is 0.214. The van der Waals surface area contributed by atoms with Crippen LogP contribution in [0.5, 0.6) is 0 Å². The maximum absolute atomic E-state index is 12.6. The molecule has 0 atom stereocenters. The lowest BCUT2D eigenvalue weighted by atomic mass is 10.0. The third-order valence-electron chi connectivity index (χ3n) is 3.25. The molecule has 0 aliphatic rings. The monoisotopic (exact) mass is 352 g/mol. The molecular weight excluding hydrogens is 320 g/mol. The van der Waals surface area contributed by atoms with E-state index in [4.69, 9.17) is 14.2 Å². The molecule has 0 saturated heterocycles. The summed E-state index contributed by atoms with van der Waals surface area (Å²) in [5.41, 5.74) is 0.569. The second-order valence-corrected chi connectivity index (χ2v) is 5.22. The Labute approximate surface area is 151 Å². The van der Waals surface area contributed by atoms with Gasteiger partial charge in [0.05, 0.1) is 31.3 Å². The number of ketones is 1. The van der Waals surface area contributed by atoms with Gasteiger partial charge in [0, 0.05) is 31.4 Å². The number of ether oxygens (including phenoxy) is 3. The standard InChI is InChI=1S/C20H32O5/c1-6-18(24-8-3)14-17(20(22)11-10-16(5)21)15-19(25-9-4)12-13-23-7-2/h6,12,15,21H,5,7-11,13-14H2,1-4H3/b17-15+,18-6+,19-12-. The Morgan fingerprint density at radius 2 is 1.76 bits per heavy atom. The third-order valence-corrected chi connectivity index (χ3v) is 3.25. The zero-order valence-electron chi connectivity index (χ0n) is 16.0. The van der Waals surface area contributed by atoms with Crippen LogP contribution in [0.2, 0.25) is 0 Å². The maximum atomic E-state index is 12.6. The van der Waals surface area contributed by atoms with Gasteiger partial charge in [-0.2, -0.15) is 0 Å².